The van der Waals surface area contributed by atoms with E-state index in [4.69, 9.17) is 4.74 Å². The van der Waals surface area contributed by atoms with Crippen LogP contribution in [-0.4, -0.2) is 83.2 Å². The van der Waals surface area contributed by atoms with Crippen LogP contribution in [0.3, 0.4) is 0 Å². The number of esters is 1. The van der Waals surface area contributed by atoms with E-state index in [2.05, 4.69) is 16.0 Å². The maximum Gasteiger partial charge on any atom is 0.325 e. The lowest BCUT2D eigenvalue weighted by molar-refractivity contribution is -0.145. The molecule has 0 aromatic heterocycles. The van der Waals surface area contributed by atoms with Gasteiger partial charge in [0, 0.05) is 25.9 Å². The minimum absolute atomic E-state index is 0.0724. The summed E-state index contributed by atoms with van der Waals surface area (Å²) < 4.78 is 4.91. The molecule has 3 atom stereocenters. The third-order valence-electron chi connectivity index (χ3n) is 7.37. The lowest BCUT2D eigenvalue weighted by Gasteiger charge is -2.38. The second-order valence-electron chi connectivity index (χ2n) is 10.6. The fourth-order valence-electron chi connectivity index (χ4n) is 5.11. The average molecular weight is 603 g/mol. The minimum Gasteiger partial charge on any atom is -0.508 e. The molecule has 44 heavy (non-hydrogen) atoms. The zero-order valence-corrected chi connectivity index (χ0v) is 24.6. The van der Waals surface area contributed by atoms with Crippen molar-refractivity contribution in [2.75, 3.05) is 26.2 Å². The van der Waals surface area contributed by atoms with Gasteiger partial charge in [0.1, 0.15) is 30.1 Å². The molecule has 0 radical (unpaired) electrons. The van der Waals surface area contributed by atoms with Gasteiger partial charge in [-0.2, -0.15) is 0 Å². The van der Waals surface area contributed by atoms with Crippen LogP contribution in [0.1, 0.15) is 23.6 Å². The molecule has 1 fully saturated rings. The summed E-state index contributed by atoms with van der Waals surface area (Å²) in [5, 5.41) is 28.0. The number of nitrogens with one attached hydrogen (secondary N) is 3. The molecule has 0 saturated carbocycles. The Bertz CT molecular complexity index is 1410. The molecule has 3 amide bonds. The summed E-state index contributed by atoms with van der Waals surface area (Å²) in [6.07, 6.45) is 0.661. The third kappa shape index (κ3) is 9.05. The van der Waals surface area contributed by atoms with E-state index in [0.717, 1.165) is 16.7 Å². The molecule has 3 aromatic rings. The van der Waals surface area contributed by atoms with Gasteiger partial charge >= 0.3 is 5.97 Å². The molecular formula is C33H38N4O7. The number of carbonyl (C=O) groups excluding carboxylic acids is 4. The van der Waals surface area contributed by atoms with Gasteiger partial charge in [0.15, 0.2) is 0 Å². The number of ether oxygens (including phenoxy) is 1. The predicted octanol–water partition coefficient (Wildman–Crippen LogP) is 1.46. The van der Waals surface area contributed by atoms with Crippen molar-refractivity contribution in [2.45, 2.75) is 44.3 Å². The summed E-state index contributed by atoms with van der Waals surface area (Å²) in [6, 6.07) is 19.6. The number of benzene rings is 3. The van der Waals surface area contributed by atoms with E-state index >= 15 is 0 Å². The number of aromatic hydroxyl groups is 2. The fraction of sp³-hybridized carbons (Fsp3) is 0.333. The standard InChI is InChI=1S/C33H38N4O7/c1-2-44-30(40)21-35-31(41)27(18-22-6-4-3-5-7-22)36-32(42)29(20-24-10-14-26(39)15-11-24)37-17-16-34-28(33(37)43)19-23-8-12-25(38)13-9-23/h3-15,27-29,34,38-39H,2,16-21H2,1H3,(H,35,41)(H,36,42)/t27-,28-,29-/m0/s1. The molecule has 232 valence electrons. The number of phenolic OH excluding ortho intramolecular Hbond substituents is 2. The van der Waals surface area contributed by atoms with Crippen LogP contribution >= 0.6 is 0 Å². The molecule has 0 spiro atoms. The van der Waals surface area contributed by atoms with E-state index in [9.17, 15) is 29.4 Å². The molecule has 0 aliphatic carbocycles. The lowest BCUT2D eigenvalue weighted by atomic mass is 9.98. The number of piperazine rings is 1. The summed E-state index contributed by atoms with van der Waals surface area (Å²) in [6.45, 7) is 2.20. The minimum atomic E-state index is -1.03. The molecule has 1 heterocycles. The Morgan fingerprint density at radius 1 is 0.886 bits per heavy atom. The number of nitrogens with zero attached hydrogens (tertiary/aromatic N) is 1. The summed E-state index contributed by atoms with van der Waals surface area (Å²) >= 11 is 0. The van der Waals surface area contributed by atoms with E-state index in [1.807, 2.05) is 30.3 Å². The zero-order valence-electron chi connectivity index (χ0n) is 24.6. The van der Waals surface area contributed by atoms with E-state index < -0.39 is 35.9 Å². The maximum absolute atomic E-state index is 14.0. The second-order valence-corrected chi connectivity index (χ2v) is 10.6. The van der Waals surface area contributed by atoms with Crippen molar-refractivity contribution in [2.24, 2.45) is 0 Å². The highest BCUT2D eigenvalue weighted by Gasteiger charge is 2.37. The number of hydrogen-bond donors (Lipinski definition) is 5. The molecule has 1 aliphatic heterocycles. The van der Waals surface area contributed by atoms with Gasteiger partial charge in [0.05, 0.1) is 12.6 Å². The van der Waals surface area contributed by atoms with Gasteiger partial charge in [0.2, 0.25) is 17.7 Å². The van der Waals surface area contributed by atoms with E-state index in [1.54, 1.807) is 43.3 Å². The molecule has 1 aliphatic rings. The highest BCUT2D eigenvalue weighted by atomic mass is 16.5. The predicted molar refractivity (Wildman–Crippen MR) is 163 cm³/mol. The van der Waals surface area contributed by atoms with Crippen molar-refractivity contribution in [3.8, 4) is 11.5 Å². The molecule has 11 nitrogen and oxygen atoms in total. The third-order valence-corrected chi connectivity index (χ3v) is 7.37. The smallest absolute Gasteiger partial charge is 0.325 e. The molecular weight excluding hydrogens is 564 g/mol. The zero-order chi connectivity index (χ0) is 31.5. The first-order valence-electron chi connectivity index (χ1n) is 14.6. The first-order valence-corrected chi connectivity index (χ1v) is 14.6. The van der Waals surface area contributed by atoms with Crippen LogP contribution in [0.5, 0.6) is 11.5 Å². The van der Waals surface area contributed by atoms with Gasteiger partial charge < -0.3 is 35.8 Å². The van der Waals surface area contributed by atoms with Gasteiger partial charge in [-0.15, -0.1) is 0 Å². The first kappa shape index (κ1) is 32.0. The summed E-state index contributed by atoms with van der Waals surface area (Å²) in [5.74, 6) is -1.75. The van der Waals surface area contributed by atoms with Crippen LogP contribution in [0.2, 0.25) is 0 Å². The van der Waals surface area contributed by atoms with E-state index in [0.29, 0.717) is 13.0 Å². The highest BCUT2D eigenvalue weighted by Crippen LogP contribution is 2.19. The average Bonchev–Trinajstić information content (AvgIpc) is 3.02. The van der Waals surface area contributed by atoms with Crippen molar-refractivity contribution < 1.29 is 34.1 Å². The normalized spacial score (nSPS) is 16.1. The van der Waals surface area contributed by atoms with Crippen LogP contribution in [0.25, 0.3) is 0 Å². The first-order chi connectivity index (χ1) is 21.2. The van der Waals surface area contributed by atoms with E-state index in [1.165, 1.54) is 17.0 Å². The fourth-order valence-corrected chi connectivity index (χ4v) is 5.11. The number of hydrogen-bond acceptors (Lipinski definition) is 8. The Labute approximate surface area is 256 Å². The van der Waals surface area contributed by atoms with Crippen LogP contribution in [0, 0.1) is 0 Å². The summed E-state index contributed by atoms with van der Waals surface area (Å²) in [5.41, 5.74) is 2.36. The largest absolute Gasteiger partial charge is 0.508 e. The van der Waals surface area contributed by atoms with Crippen molar-refractivity contribution in [3.63, 3.8) is 0 Å². The summed E-state index contributed by atoms with van der Waals surface area (Å²) in [7, 11) is 0. The van der Waals surface area contributed by atoms with Gasteiger partial charge in [-0.1, -0.05) is 54.6 Å². The van der Waals surface area contributed by atoms with Crippen molar-refractivity contribution in [1.29, 1.82) is 0 Å². The second kappa shape index (κ2) is 15.5. The molecule has 11 heteroatoms. The number of rotatable bonds is 13. The van der Waals surface area contributed by atoms with Gasteiger partial charge in [0.25, 0.3) is 0 Å². The molecule has 0 bridgehead atoms. The topological polar surface area (TPSA) is 157 Å². The Morgan fingerprint density at radius 3 is 2.14 bits per heavy atom. The lowest BCUT2D eigenvalue weighted by Crippen LogP contribution is -2.63. The summed E-state index contributed by atoms with van der Waals surface area (Å²) in [4.78, 5) is 54.5. The maximum atomic E-state index is 14.0. The van der Waals surface area contributed by atoms with Crippen LogP contribution in [0.15, 0.2) is 78.9 Å². The highest BCUT2D eigenvalue weighted by molar-refractivity contribution is 5.94. The number of carbonyl (C=O) groups is 4. The quantitative estimate of drug-likeness (QED) is 0.184. The Hall–Kier alpha value is -4.90. The van der Waals surface area contributed by atoms with Crippen LogP contribution in [-0.2, 0) is 43.2 Å². The number of phenols is 2. The Kier molecular flexibility index (Phi) is 11.3. The Balaban J connectivity index is 1.57. The van der Waals surface area contributed by atoms with Crippen molar-refractivity contribution in [3.05, 3.63) is 95.6 Å². The monoisotopic (exact) mass is 602 g/mol. The SMILES string of the molecule is CCOC(=O)CNC(=O)[C@H](Cc1ccccc1)NC(=O)[C@H](Cc1ccc(O)cc1)N1CCN[C@@H](Cc2ccc(O)cc2)C1=O. The molecule has 5 N–H and O–H groups in total. The molecule has 4 rings (SSSR count). The van der Waals surface area contributed by atoms with E-state index in [-0.39, 0.29) is 49.9 Å². The van der Waals surface area contributed by atoms with Gasteiger partial charge in [-0.05, 0) is 54.3 Å². The molecule has 3 aromatic carbocycles. The molecule has 0 unspecified atom stereocenters. The Morgan fingerprint density at radius 2 is 1.50 bits per heavy atom. The van der Waals surface area contributed by atoms with Crippen LogP contribution < -0.4 is 16.0 Å². The van der Waals surface area contributed by atoms with Crippen LogP contribution in [0.4, 0.5) is 0 Å². The van der Waals surface area contributed by atoms with Crippen molar-refractivity contribution in [1.82, 2.24) is 20.9 Å². The van der Waals surface area contributed by atoms with Gasteiger partial charge in [-0.3, -0.25) is 19.2 Å². The van der Waals surface area contributed by atoms with Gasteiger partial charge in [-0.25, -0.2) is 0 Å². The number of amides is 3. The van der Waals surface area contributed by atoms with Crippen molar-refractivity contribution >= 4 is 23.7 Å². The molecule has 1 saturated heterocycles.